The topological polar surface area (TPSA) is 141 Å². The van der Waals surface area contributed by atoms with Crippen molar-refractivity contribution in [1.82, 2.24) is 30.0 Å². The minimum Gasteiger partial charge on any atom is -0.381 e. The number of primary amides is 1. The number of aryl methyl sites for hydroxylation is 1. The number of aromatic amines is 1. The number of rotatable bonds is 8. The molecule has 1 amide bonds. The maximum Gasteiger partial charge on any atom is 0.271 e. The molecule has 45 heavy (non-hydrogen) atoms. The molecule has 1 aliphatic carbocycles. The molecule has 2 aromatic heterocycles. The van der Waals surface area contributed by atoms with E-state index in [1.807, 2.05) is 6.07 Å². The molecule has 1 aromatic carbocycles. The molecule has 3 saturated heterocycles. The third-order valence-electron chi connectivity index (χ3n) is 10.4. The zero-order valence-electron chi connectivity index (χ0n) is 26.5. The van der Waals surface area contributed by atoms with Gasteiger partial charge in [-0.25, -0.2) is 9.97 Å². The Morgan fingerprint density at radius 2 is 1.78 bits per heavy atom. The van der Waals surface area contributed by atoms with Crippen molar-refractivity contribution < 1.29 is 9.53 Å². The van der Waals surface area contributed by atoms with Gasteiger partial charge in [-0.2, -0.15) is 5.10 Å². The number of ether oxygens (including phenoxy) is 1. The van der Waals surface area contributed by atoms with Gasteiger partial charge in [0.1, 0.15) is 11.4 Å². The van der Waals surface area contributed by atoms with Crippen molar-refractivity contribution in [1.29, 1.82) is 0 Å². The molecule has 4 fully saturated rings. The summed E-state index contributed by atoms with van der Waals surface area (Å²) in [6, 6.07) is 9.11. The number of amides is 1. The van der Waals surface area contributed by atoms with E-state index in [0.29, 0.717) is 34.5 Å². The molecule has 3 aromatic rings. The molecular weight excluding hydrogens is 568 g/mol. The van der Waals surface area contributed by atoms with Crippen LogP contribution < -0.4 is 21.3 Å². The zero-order valence-corrected chi connectivity index (χ0v) is 26.5. The number of carbonyl (C=O) groups excluding carboxylic acids is 1. The van der Waals surface area contributed by atoms with Crippen molar-refractivity contribution in [3.8, 4) is 11.4 Å². The van der Waals surface area contributed by atoms with E-state index in [4.69, 9.17) is 20.4 Å². The van der Waals surface area contributed by atoms with Gasteiger partial charge in [-0.05, 0) is 87.7 Å². The van der Waals surface area contributed by atoms with Crippen LogP contribution in [0.3, 0.4) is 0 Å². The third-order valence-corrected chi connectivity index (χ3v) is 10.4. The highest BCUT2D eigenvalue weighted by Gasteiger charge is 2.45. The molecule has 5 heterocycles. The van der Waals surface area contributed by atoms with Gasteiger partial charge >= 0.3 is 0 Å². The van der Waals surface area contributed by atoms with E-state index in [0.717, 1.165) is 70.8 Å². The molecule has 5 N–H and O–H groups in total. The fourth-order valence-electron chi connectivity index (χ4n) is 7.74. The van der Waals surface area contributed by atoms with Gasteiger partial charge in [0.05, 0.1) is 0 Å². The number of nitrogens with one attached hydrogen (secondary N) is 3. The SMILES string of the molecule is Cc1cc(Nc2nc(NC3CC4(CCOCC4)C3)c(-c3cc[nH]n3)nc2C(N)=O)ccc1N1CCC(N2CCN(C)CC2)CC1. The zero-order chi connectivity index (χ0) is 31.0. The van der Waals surface area contributed by atoms with Gasteiger partial charge in [0, 0.05) is 82.1 Å². The number of aromatic nitrogens is 4. The van der Waals surface area contributed by atoms with E-state index in [1.54, 1.807) is 6.20 Å². The standard InChI is InChI=1S/C33H46N10O2/c1-22-19-23(3-4-27(22)43-11-6-25(7-12-43)42-15-13-41(2)14-16-42)36-32-29(30(34)44)38-28(26-5-10-35-40-26)31(39-32)37-24-20-33(21-24)8-17-45-18-9-33/h3-5,10,19,24-25H,6-9,11-18,20-21H2,1-2H3,(H2,34,44)(H,35,40)(H2,36,37,39). The Kier molecular flexibility index (Phi) is 8.36. The van der Waals surface area contributed by atoms with E-state index >= 15 is 0 Å². The molecule has 4 aliphatic rings. The predicted octanol–water partition coefficient (Wildman–Crippen LogP) is 3.60. The highest BCUT2D eigenvalue weighted by atomic mass is 16.5. The second-order valence-electron chi connectivity index (χ2n) is 13.5. The minimum atomic E-state index is -0.644. The Morgan fingerprint density at radius 1 is 1.02 bits per heavy atom. The molecule has 12 heteroatoms. The molecule has 1 spiro atoms. The lowest BCUT2D eigenvalue weighted by Crippen LogP contribution is -2.52. The van der Waals surface area contributed by atoms with E-state index in [-0.39, 0.29) is 11.7 Å². The predicted molar refractivity (Wildman–Crippen MR) is 176 cm³/mol. The Morgan fingerprint density at radius 3 is 2.44 bits per heavy atom. The number of benzene rings is 1. The number of H-pyrrole nitrogens is 1. The van der Waals surface area contributed by atoms with Crippen molar-refractivity contribution >= 4 is 28.9 Å². The highest BCUT2D eigenvalue weighted by molar-refractivity contribution is 5.97. The molecule has 0 atom stereocenters. The van der Waals surface area contributed by atoms with Crippen LogP contribution in [0.15, 0.2) is 30.5 Å². The largest absolute Gasteiger partial charge is 0.381 e. The van der Waals surface area contributed by atoms with Crippen molar-refractivity contribution in [2.75, 3.05) is 75.1 Å². The first-order valence-corrected chi connectivity index (χ1v) is 16.5. The van der Waals surface area contributed by atoms with Crippen LogP contribution in [-0.2, 0) is 4.74 Å². The fourth-order valence-corrected chi connectivity index (χ4v) is 7.74. The van der Waals surface area contributed by atoms with Crippen LogP contribution in [0.4, 0.5) is 23.0 Å². The van der Waals surface area contributed by atoms with Crippen molar-refractivity contribution in [2.45, 2.75) is 57.5 Å². The third kappa shape index (κ3) is 6.36. The Labute approximate surface area is 265 Å². The molecule has 7 rings (SSSR count). The summed E-state index contributed by atoms with van der Waals surface area (Å²) in [4.78, 5) is 29.9. The van der Waals surface area contributed by atoms with E-state index in [2.05, 4.69) is 67.7 Å². The minimum absolute atomic E-state index is 0.0840. The average molecular weight is 615 g/mol. The Bertz CT molecular complexity index is 1480. The Balaban J connectivity index is 1.08. The number of hydrogen-bond donors (Lipinski definition) is 4. The van der Waals surface area contributed by atoms with Crippen LogP contribution >= 0.6 is 0 Å². The number of hydrogen-bond acceptors (Lipinski definition) is 10. The maximum absolute atomic E-state index is 12.6. The van der Waals surface area contributed by atoms with Crippen LogP contribution in [0.1, 0.15) is 54.6 Å². The maximum atomic E-state index is 12.6. The van der Waals surface area contributed by atoms with Crippen LogP contribution in [0.5, 0.6) is 0 Å². The second-order valence-corrected chi connectivity index (χ2v) is 13.5. The smallest absolute Gasteiger partial charge is 0.271 e. The van der Waals surface area contributed by atoms with Crippen LogP contribution in [-0.4, -0.2) is 107 Å². The molecule has 12 nitrogen and oxygen atoms in total. The molecule has 3 aliphatic heterocycles. The van der Waals surface area contributed by atoms with Gasteiger partial charge < -0.3 is 30.9 Å². The van der Waals surface area contributed by atoms with E-state index < -0.39 is 5.91 Å². The summed E-state index contributed by atoms with van der Waals surface area (Å²) in [5.74, 6) is 0.289. The summed E-state index contributed by atoms with van der Waals surface area (Å²) in [7, 11) is 2.21. The quantitative estimate of drug-likeness (QED) is 0.298. The monoisotopic (exact) mass is 614 g/mol. The molecule has 0 radical (unpaired) electrons. The van der Waals surface area contributed by atoms with Crippen LogP contribution in [0.25, 0.3) is 11.4 Å². The van der Waals surface area contributed by atoms with Gasteiger partial charge in [-0.15, -0.1) is 0 Å². The molecule has 0 unspecified atom stereocenters. The summed E-state index contributed by atoms with van der Waals surface area (Å²) in [5, 5.41) is 14.2. The normalized spacial score (nSPS) is 21.5. The fraction of sp³-hybridized carbons (Fsp3) is 0.576. The first kappa shape index (κ1) is 29.9. The van der Waals surface area contributed by atoms with Crippen molar-refractivity contribution in [2.24, 2.45) is 11.1 Å². The highest BCUT2D eigenvalue weighted by Crippen LogP contribution is 2.50. The summed E-state index contributed by atoms with van der Waals surface area (Å²) in [6.07, 6.45) is 8.43. The first-order valence-electron chi connectivity index (χ1n) is 16.5. The molecule has 240 valence electrons. The molecule has 0 bridgehead atoms. The van der Waals surface area contributed by atoms with E-state index in [1.165, 1.54) is 37.2 Å². The summed E-state index contributed by atoms with van der Waals surface area (Å²) >= 11 is 0. The number of carbonyl (C=O) groups is 1. The lowest BCUT2D eigenvalue weighted by Gasteiger charge is -2.50. The average Bonchev–Trinajstić information content (AvgIpc) is 3.56. The van der Waals surface area contributed by atoms with Gasteiger partial charge in [0.25, 0.3) is 5.91 Å². The summed E-state index contributed by atoms with van der Waals surface area (Å²) in [6.45, 7) is 10.6. The number of likely N-dealkylation sites (N-methyl/N-ethyl adjacent to an activating group) is 1. The molecule has 1 saturated carbocycles. The van der Waals surface area contributed by atoms with Gasteiger partial charge in [-0.1, -0.05) is 0 Å². The van der Waals surface area contributed by atoms with Crippen molar-refractivity contribution in [3.63, 3.8) is 0 Å². The number of nitrogens with two attached hydrogens (primary N) is 1. The second kappa shape index (κ2) is 12.6. The number of piperidine rings is 1. The van der Waals surface area contributed by atoms with Crippen molar-refractivity contribution in [3.05, 3.63) is 41.7 Å². The first-order chi connectivity index (χ1) is 21.9. The lowest BCUT2D eigenvalue weighted by molar-refractivity contribution is -0.0342. The van der Waals surface area contributed by atoms with Gasteiger partial charge in [0.15, 0.2) is 17.3 Å². The summed E-state index contributed by atoms with van der Waals surface area (Å²) < 4.78 is 5.60. The van der Waals surface area contributed by atoms with Gasteiger partial charge in [0.2, 0.25) is 0 Å². The number of anilines is 4. The number of piperazine rings is 1. The number of nitrogens with zero attached hydrogens (tertiary/aromatic N) is 6. The molecular formula is C33H46N10O2. The van der Waals surface area contributed by atoms with Crippen LogP contribution in [0.2, 0.25) is 0 Å². The summed E-state index contributed by atoms with van der Waals surface area (Å²) in [5.41, 5.74) is 10.7. The van der Waals surface area contributed by atoms with Crippen LogP contribution in [0, 0.1) is 12.3 Å². The van der Waals surface area contributed by atoms with Gasteiger partial charge in [-0.3, -0.25) is 14.8 Å². The Hall–Kier alpha value is -3.74. The van der Waals surface area contributed by atoms with E-state index in [9.17, 15) is 4.79 Å². The lowest BCUT2D eigenvalue weighted by atomic mass is 9.61.